The number of benzene rings is 2. The Hall–Kier alpha value is -3.47. The van der Waals surface area contributed by atoms with Gasteiger partial charge in [-0.2, -0.15) is 0 Å². The van der Waals surface area contributed by atoms with Gasteiger partial charge in [-0.1, -0.05) is 11.6 Å². The van der Waals surface area contributed by atoms with Gasteiger partial charge >= 0.3 is 0 Å². The largest absolute Gasteiger partial charge is 0.485 e. The average Bonchev–Trinajstić information content (AvgIpc) is 3.49. The first-order valence-corrected chi connectivity index (χ1v) is 12.2. The Morgan fingerprint density at radius 3 is 2.74 bits per heavy atom. The van der Waals surface area contributed by atoms with Gasteiger partial charge in [0.2, 0.25) is 0 Å². The van der Waals surface area contributed by atoms with Crippen LogP contribution in [0.3, 0.4) is 0 Å². The molecule has 0 radical (unpaired) electrons. The van der Waals surface area contributed by atoms with Crippen LogP contribution in [0.2, 0.25) is 5.02 Å². The van der Waals surface area contributed by atoms with Crippen LogP contribution < -0.4 is 15.4 Å². The van der Waals surface area contributed by atoms with Gasteiger partial charge in [-0.3, -0.25) is 0 Å². The van der Waals surface area contributed by atoms with Crippen LogP contribution in [-0.2, 0) is 11.3 Å². The van der Waals surface area contributed by atoms with Crippen LogP contribution in [0.1, 0.15) is 18.9 Å². The Kier molecular flexibility index (Phi) is 6.42. The normalized spacial score (nSPS) is 18.1. The maximum Gasteiger partial charge on any atom is 0.290 e. The summed E-state index contributed by atoms with van der Waals surface area (Å²) in [6, 6.07) is 11.5. The van der Waals surface area contributed by atoms with E-state index in [1.807, 2.05) is 42.6 Å². The summed E-state index contributed by atoms with van der Waals surface area (Å²) in [6.07, 6.45) is 2.59. The van der Waals surface area contributed by atoms with Crippen LogP contribution in [-0.4, -0.2) is 44.3 Å². The number of nitrogens with zero attached hydrogens (tertiary/aromatic N) is 4. The summed E-state index contributed by atoms with van der Waals surface area (Å²) in [5.41, 5.74) is 1.54. The molecule has 0 saturated heterocycles. The second-order valence-corrected chi connectivity index (χ2v) is 9.66. The molecular weight excluding hydrogens is 488 g/mol. The third-order valence-electron chi connectivity index (χ3n) is 5.67. The molecule has 11 heteroatoms. The zero-order valence-corrected chi connectivity index (χ0v) is 20.6. The van der Waals surface area contributed by atoms with E-state index >= 15 is 0 Å². The van der Waals surface area contributed by atoms with Crippen LogP contribution in [0, 0.1) is 0 Å². The highest BCUT2D eigenvalue weighted by atomic mass is 35.5. The van der Waals surface area contributed by atoms with Crippen molar-refractivity contribution in [2.45, 2.75) is 32.2 Å². The van der Waals surface area contributed by atoms with Gasteiger partial charge in [-0.25, -0.2) is 19.9 Å². The number of aliphatic hydroxyl groups is 1. The summed E-state index contributed by atoms with van der Waals surface area (Å²) in [5, 5.41) is 20.5. The number of hydrogen-bond donors (Lipinski definition) is 3. The van der Waals surface area contributed by atoms with Crippen molar-refractivity contribution >= 4 is 57.1 Å². The zero-order chi connectivity index (χ0) is 24.4. The highest BCUT2D eigenvalue weighted by Gasteiger charge is 2.38. The first kappa shape index (κ1) is 23.3. The lowest BCUT2D eigenvalue weighted by atomic mass is 10.0. The lowest BCUT2D eigenvalue weighted by Gasteiger charge is -2.26. The zero-order valence-electron chi connectivity index (χ0n) is 19.0. The van der Waals surface area contributed by atoms with Crippen molar-refractivity contribution in [2.24, 2.45) is 4.99 Å². The molecule has 2 aromatic heterocycles. The molecule has 0 fully saturated rings. The maximum atomic E-state index is 9.95. The smallest absolute Gasteiger partial charge is 0.290 e. The molecule has 3 heterocycles. The molecule has 35 heavy (non-hydrogen) atoms. The molecule has 1 aliphatic rings. The summed E-state index contributed by atoms with van der Waals surface area (Å²) >= 11 is 7.98. The van der Waals surface area contributed by atoms with Crippen molar-refractivity contribution in [1.82, 2.24) is 15.0 Å². The SMILES string of the molecule is C[C@H](O)[C@]1(C)CN=C(Nc2ccc3ncnc(Nc4ccc(OCc5nccs5)c(Cl)c4)c3c2)O1. The molecule has 0 saturated carbocycles. The number of ether oxygens (including phenoxy) is 2. The number of halogens is 1. The van der Waals surface area contributed by atoms with Gasteiger partial charge in [0.15, 0.2) is 5.60 Å². The van der Waals surface area contributed by atoms with E-state index in [9.17, 15) is 5.11 Å². The quantitative estimate of drug-likeness (QED) is 0.318. The fraction of sp³-hybridized carbons (Fsp3) is 0.250. The first-order chi connectivity index (χ1) is 16.9. The minimum absolute atomic E-state index is 0.360. The molecule has 0 spiro atoms. The number of nitrogens with one attached hydrogen (secondary N) is 2. The molecule has 1 aliphatic heterocycles. The summed E-state index contributed by atoms with van der Waals surface area (Å²) < 4.78 is 11.6. The lowest BCUT2D eigenvalue weighted by Crippen LogP contribution is -2.41. The first-order valence-electron chi connectivity index (χ1n) is 10.9. The maximum absolute atomic E-state index is 9.95. The van der Waals surface area contributed by atoms with Crippen LogP contribution in [0.15, 0.2) is 59.3 Å². The van der Waals surface area contributed by atoms with E-state index < -0.39 is 11.7 Å². The fourth-order valence-electron chi connectivity index (χ4n) is 3.45. The number of fused-ring (bicyclic) bond motifs is 1. The van der Waals surface area contributed by atoms with E-state index in [0.717, 1.165) is 27.3 Å². The Bertz CT molecular complexity index is 1380. The van der Waals surface area contributed by atoms with Gasteiger partial charge in [-0.15, -0.1) is 11.3 Å². The summed E-state index contributed by atoms with van der Waals surface area (Å²) in [5.74, 6) is 1.20. The Labute approximate surface area is 210 Å². The Balaban J connectivity index is 1.33. The Morgan fingerprint density at radius 2 is 2.00 bits per heavy atom. The van der Waals surface area contributed by atoms with E-state index in [1.54, 1.807) is 19.2 Å². The van der Waals surface area contributed by atoms with E-state index in [4.69, 9.17) is 21.1 Å². The second kappa shape index (κ2) is 9.65. The number of hydrogen-bond acceptors (Lipinski definition) is 10. The van der Waals surface area contributed by atoms with Gasteiger partial charge < -0.3 is 25.2 Å². The van der Waals surface area contributed by atoms with Gasteiger partial charge in [0.05, 0.1) is 23.2 Å². The number of rotatable bonds is 7. The summed E-state index contributed by atoms with van der Waals surface area (Å²) in [6.45, 7) is 4.25. The summed E-state index contributed by atoms with van der Waals surface area (Å²) in [7, 11) is 0. The van der Waals surface area contributed by atoms with Crippen molar-refractivity contribution in [3.8, 4) is 5.75 Å². The molecule has 4 aromatic rings. The molecule has 0 amide bonds. The third-order valence-corrected chi connectivity index (χ3v) is 6.71. The average molecular weight is 511 g/mol. The molecule has 0 bridgehead atoms. The van der Waals surface area contributed by atoms with Gasteiger partial charge in [0, 0.05) is 28.3 Å². The Morgan fingerprint density at radius 1 is 1.17 bits per heavy atom. The minimum atomic E-state index is -0.746. The molecule has 3 N–H and O–H groups in total. The van der Waals surface area contributed by atoms with Gasteiger partial charge in [0.1, 0.15) is 29.5 Å². The van der Waals surface area contributed by atoms with Crippen molar-refractivity contribution < 1.29 is 14.6 Å². The fourth-order valence-corrected chi connectivity index (χ4v) is 4.21. The predicted molar refractivity (Wildman–Crippen MR) is 138 cm³/mol. The number of aromatic nitrogens is 3. The highest BCUT2D eigenvalue weighted by Crippen LogP contribution is 2.32. The van der Waals surface area contributed by atoms with E-state index in [-0.39, 0.29) is 0 Å². The van der Waals surface area contributed by atoms with Crippen molar-refractivity contribution in [1.29, 1.82) is 0 Å². The van der Waals surface area contributed by atoms with Gasteiger partial charge in [0.25, 0.3) is 6.02 Å². The molecule has 180 valence electrons. The second-order valence-electron chi connectivity index (χ2n) is 8.28. The molecule has 0 unspecified atom stereocenters. The molecule has 0 aliphatic carbocycles. The van der Waals surface area contributed by atoms with E-state index in [0.29, 0.717) is 35.8 Å². The molecule has 2 aromatic carbocycles. The van der Waals surface area contributed by atoms with Crippen molar-refractivity contribution in [3.05, 3.63) is 64.3 Å². The standard InChI is InChI=1S/C24H23ClN6O3S/c1-14(32)24(2)12-27-23(34-24)31-15-3-5-19-17(9-15)22(29-13-28-19)30-16-4-6-20(18(25)10-16)33-11-21-26-7-8-35-21/h3-10,13-14,32H,11-12H2,1-2H3,(H,27,31)(H,28,29,30)/t14-,24-/m0/s1. The number of amidine groups is 1. The van der Waals surface area contributed by atoms with E-state index in [1.165, 1.54) is 17.7 Å². The minimum Gasteiger partial charge on any atom is -0.485 e. The molecule has 9 nitrogen and oxygen atoms in total. The summed E-state index contributed by atoms with van der Waals surface area (Å²) in [4.78, 5) is 17.4. The molecule has 5 rings (SSSR count). The van der Waals surface area contributed by atoms with Crippen LogP contribution >= 0.6 is 22.9 Å². The molecule has 2 atom stereocenters. The number of thiazole rings is 1. The lowest BCUT2D eigenvalue weighted by molar-refractivity contribution is -0.0197. The van der Waals surface area contributed by atoms with Crippen molar-refractivity contribution in [2.75, 3.05) is 17.2 Å². The monoisotopic (exact) mass is 510 g/mol. The van der Waals surface area contributed by atoms with Gasteiger partial charge in [-0.05, 0) is 50.2 Å². The van der Waals surface area contributed by atoms with Crippen LogP contribution in [0.25, 0.3) is 10.9 Å². The van der Waals surface area contributed by atoms with Crippen LogP contribution in [0.5, 0.6) is 5.75 Å². The molecular formula is C24H23ClN6O3S. The third kappa shape index (κ3) is 5.14. The topological polar surface area (TPSA) is 114 Å². The number of anilines is 3. The predicted octanol–water partition coefficient (Wildman–Crippen LogP) is 5.00. The highest BCUT2D eigenvalue weighted by molar-refractivity contribution is 7.09. The van der Waals surface area contributed by atoms with E-state index in [2.05, 4.69) is 30.6 Å². The van der Waals surface area contributed by atoms with Crippen LogP contribution in [0.4, 0.5) is 17.2 Å². The number of aliphatic hydroxyl groups excluding tert-OH is 1. The number of aliphatic imine (C=N–C) groups is 1. The van der Waals surface area contributed by atoms with Crippen molar-refractivity contribution in [3.63, 3.8) is 0 Å².